The average Bonchev–Trinajstić information content (AvgIpc) is 3.20. The molecule has 2 aliphatic heterocycles. The van der Waals surface area contributed by atoms with Crippen LogP contribution in [0.15, 0.2) is 83.4 Å². The molecule has 0 bridgehead atoms. The molecule has 0 spiro atoms. The summed E-state index contributed by atoms with van der Waals surface area (Å²) in [4.78, 5) is 18.1. The van der Waals surface area contributed by atoms with Crippen LogP contribution in [-0.2, 0) is 15.6 Å². The lowest BCUT2D eigenvalue weighted by Gasteiger charge is -2.34. The van der Waals surface area contributed by atoms with Crippen LogP contribution in [0.1, 0.15) is 66.5 Å². The van der Waals surface area contributed by atoms with Crippen molar-refractivity contribution in [2.24, 2.45) is 5.92 Å². The van der Waals surface area contributed by atoms with Crippen molar-refractivity contribution in [1.29, 1.82) is 0 Å². The van der Waals surface area contributed by atoms with Crippen molar-refractivity contribution in [3.63, 3.8) is 0 Å². The number of carbonyl (C=O) groups excluding carboxylic acids is 1. The number of benzene rings is 2. The molecule has 1 atom stereocenters. The molecule has 1 aliphatic carbocycles. The van der Waals surface area contributed by atoms with Gasteiger partial charge in [0.25, 0.3) is 0 Å². The van der Waals surface area contributed by atoms with E-state index in [9.17, 15) is 9.90 Å². The van der Waals surface area contributed by atoms with Crippen LogP contribution in [0.25, 0.3) is 0 Å². The van der Waals surface area contributed by atoms with Crippen molar-refractivity contribution in [1.82, 2.24) is 0 Å². The van der Waals surface area contributed by atoms with E-state index in [1.54, 1.807) is 0 Å². The van der Waals surface area contributed by atoms with E-state index in [1.807, 2.05) is 12.2 Å². The molecule has 0 amide bonds. The van der Waals surface area contributed by atoms with Gasteiger partial charge in [0.1, 0.15) is 11.7 Å². The van der Waals surface area contributed by atoms with Crippen molar-refractivity contribution in [2.75, 3.05) is 9.80 Å². The molecule has 0 saturated heterocycles. The Balaban J connectivity index is 1.56. The van der Waals surface area contributed by atoms with Crippen LogP contribution in [0.3, 0.4) is 0 Å². The summed E-state index contributed by atoms with van der Waals surface area (Å²) in [7, 11) is 0. The molecule has 1 N–H and O–H groups in total. The zero-order valence-corrected chi connectivity index (χ0v) is 22.8. The number of anilines is 2. The Morgan fingerprint density at radius 3 is 1.69 bits per heavy atom. The number of carbonyl (C=O) groups is 1. The van der Waals surface area contributed by atoms with E-state index in [0.717, 1.165) is 11.4 Å². The topological polar surface area (TPSA) is 43.8 Å². The normalized spacial score (nSPS) is 24.3. The number of hydrogen-bond acceptors (Lipinski definition) is 4. The summed E-state index contributed by atoms with van der Waals surface area (Å²) in [6.45, 7) is 17.4. The third-order valence-electron chi connectivity index (χ3n) is 8.23. The molecule has 0 saturated carbocycles. The van der Waals surface area contributed by atoms with Gasteiger partial charge in [0.15, 0.2) is 5.78 Å². The van der Waals surface area contributed by atoms with E-state index < -0.39 is 5.92 Å². The molecule has 2 aromatic rings. The van der Waals surface area contributed by atoms with E-state index in [-0.39, 0.29) is 34.5 Å². The molecule has 0 aromatic heterocycles. The number of rotatable bonds is 4. The fraction of sp³-hybridized carbons (Fsp3) is 0.406. The van der Waals surface area contributed by atoms with Crippen molar-refractivity contribution in [3.05, 3.63) is 94.5 Å². The van der Waals surface area contributed by atoms with E-state index in [2.05, 4.69) is 114 Å². The van der Waals surface area contributed by atoms with Crippen LogP contribution in [0.5, 0.6) is 0 Å². The number of hydrogen-bond donors (Lipinski definition) is 1. The van der Waals surface area contributed by atoms with Crippen molar-refractivity contribution < 1.29 is 9.90 Å². The predicted octanol–water partition coefficient (Wildman–Crippen LogP) is 7.18. The first kappa shape index (κ1) is 24.4. The second-order valence-electron chi connectivity index (χ2n) is 11.9. The molecule has 2 aromatic carbocycles. The zero-order chi connectivity index (χ0) is 26.2. The van der Waals surface area contributed by atoms with Crippen molar-refractivity contribution in [3.8, 4) is 0 Å². The highest BCUT2D eigenvalue weighted by molar-refractivity contribution is 6.10. The van der Waals surface area contributed by atoms with Gasteiger partial charge in [0.05, 0.1) is 5.57 Å². The summed E-state index contributed by atoms with van der Waals surface area (Å²) in [5.74, 6) is -0.453. The predicted molar refractivity (Wildman–Crippen MR) is 148 cm³/mol. The quantitative estimate of drug-likeness (QED) is 0.501. The summed E-state index contributed by atoms with van der Waals surface area (Å²) in [6, 6.07) is 17.3. The molecule has 5 rings (SSSR count). The standard InChI is InChI=1S/C32H38N2O2/c1-19(2)33-25-15-11-9-13-23(25)31(5,6)27(33)17-21-29(35)22(30(21)36)18-28-32(7,8)24-14-10-12-16-26(24)34(28)20(3)4/h9-21,35H,1-8H3/b27-17+,28-18+. The van der Waals surface area contributed by atoms with Gasteiger partial charge >= 0.3 is 0 Å². The van der Waals surface area contributed by atoms with E-state index in [0.29, 0.717) is 5.57 Å². The Bertz CT molecular complexity index is 1340. The molecule has 2 heterocycles. The van der Waals surface area contributed by atoms with Gasteiger partial charge in [-0.25, -0.2) is 0 Å². The van der Waals surface area contributed by atoms with Crippen molar-refractivity contribution in [2.45, 2.75) is 78.3 Å². The van der Waals surface area contributed by atoms with Gasteiger partial charge in [-0.3, -0.25) is 4.79 Å². The SMILES string of the molecule is CC(C)N1/C(=C/C2=C(O)C(/C=C3/N(C(C)C)c4ccccc4C3(C)C)C2=O)C(C)(C)c2ccccc21. The minimum absolute atomic E-state index is 0.0153. The molecule has 4 nitrogen and oxygen atoms in total. The summed E-state index contributed by atoms with van der Waals surface area (Å²) < 4.78 is 0. The van der Waals surface area contributed by atoms with Gasteiger partial charge in [-0.2, -0.15) is 0 Å². The lowest BCUT2D eigenvalue weighted by atomic mass is 9.76. The van der Waals surface area contributed by atoms with Gasteiger partial charge in [0.2, 0.25) is 0 Å². The summed E-state index contributed by atoms with van der Waals surface area (Å²) in [5, 5.41) is 11.2. The Morgan fingerprint density at radius 2 is 1.22 bits per heavy atom. The first-order valence-corrected chi connectivity index (χ1v) is 13.1. The number of aliphatic hydroxyl groups excluding tert-OH is 1. The first-order valence-electron chi connectivity index (χ1n) is 13.1. The second-order valence-corrected chi connectivity index (χ2v) is 11.9. The number of para-hydroxylation sites is 2. The Hall–Kier alpha value is -3.27. The fourth-order valence-corrected chi connectivity index (χ4v) is 6.32. The highest BCUT2D eigenvalue weighted by atomic mass is 16.3. The van der Waals surface area contributed by atoms with Crippen LogP contribution < -0.4 is 9.80 Å². The largest absolute Gasteiger partial charge is 0.510 e. The minimum Gasteiger partial charge on any atom is -0.510 e. The van der Waals surface area contributed by atoms with Gasteiger partial charge in [-0.1, -0.05) is 64.1 Å². The Morgan fingerprint density at radius 1 is 0.778 bits per heavy atom. The maximum atomic E-state index is 13.5. The smallest absolute Gasteiger partial charge is 0.180 e. The molecule has 4 heteroatoms. The molecule has 3 aliphatic rings. The molecule has 188 valence electrons. The number of Topliss-reactive ketones (excluding diaryl/α,β-unsaturated/α-hetero) is 1. The third-order valence-corrected chi connectivity index (χ3v) is 8.23. The zero-order valence-electron chi connectivity index (χ0n) is 22.8. The monoisotopic (exact) mass is 482 g/mol. The Labute approximate surface area is 215 Å². The van der Waals surface area contributed by atoms with Crippen LogP contribution in [0.4, 0.5) is 11.4 Å². The van der Waals surface area contributed by atoms with Gasteiger partial charge in [0, 0.05) is 45.7 Å². The van der Waals surface area contributed by atoms with Crippen LogP contribution >= 0.6 is 0 Å². The summed E-state index contributed by atoms with van der Waals surface area (Å²) >= 11 is 0. The average molecular weight is 483 g/mol. The number of nitrogens with zero attached hydrogens (tertiary/aromatic N) is 2. The lowest BCUT2D eigenvalue weighted by molar-refractivity contribution is -0.120. The molecular formula is C32H38N2O2. The molecule has 0 radical (unpaired) electrons. The van der Waals surface area contributed by atoms with Crippen LogP contribution in [0, 0.1) is 5.92 Å². The van der Waals surface area contributed by atoms with Crippen LogP contribution in [-0.4, -0.2) is 23.0 Å². The molecule has 0 fully saturated rings. The highest BCUT2D eigenvalue weighted by Crippen LogP contribution is 2.52. The maximum absolute atomic E-state index is 13.5. The second kappa shape index (κ2) is 8.12. The molecule has 1 unspecified atom stereocenters. The van der Waals surface area contributed by atoms with Gasteiger partial charge in [-0.05, 0) is 63.1 Å². The summed E-state index contributed by atoms with van der Waals surface area (Å²) in [6.07, 6.45) is 3.93. The van der Waals surface area contributed by atoms with Gasteiger partial charge in [-0.15, -0.1) is 0 Å². The maximum Gasteiger partial charge on any atom is 0.180 e. The number of ketones is 1. The Kier molecular flexibility index (Phi) is 5.51. The van der Waals surface area contributed by atoms with Crippen LogP contribution in [0.2, 0.25) is 0 Å². The van der Waals surface area contributed by atoms with E-state index in [4.69, 9.17) is 0 Å². The van der Waals surface area contributed by atoms with Gasteiger partial charge < -0.3 is 14.9 Å². The number of fused-ring (bicyclic) bond motifs is 2. The third kappa shape index (κ3) is 3.30. The van der Waals surface area contributed by atoms with E-state index in [1.165, 1.54) is 22.5 Å². The van der Waals surface area contributed by atoms with E-state index >= 15 is 0 Å². The molecule has 36 heavy (non-hydrogen) atoms. The summed E-state index contributed by atoms with van der Waals surface area (Å²) in [5.41, 5.74) is 6.90. The first-order chi connectivity index (χ1) is 16.9. The number of allylic oxidation sites excluding steroid dienone is 5. The molecular weight excluding hydrogens is 444 g/mol. The lowest BCUT2D eigenvalue weighted by Crippen LogP contribution is -2.37. The number of aliphatic hydroxyl groups is 1. The fourth-order valence-electron chi connectivity index (χ4n) is 6.32. The highest BCUT2D eigenvalue weighted by Gasteiger charge is 2.46. The van der Waals surface area contributed by atoms with Crippen molar-refractivity contribution >= 4 is 17.2 Å². The minimum atomic E-state index is -0.610.